The molecular weight excluding hydrogens is 248 g/mol. The van der Waals surface area contributed by atoms with Crippen molar-refractivity contribution in [3.05, 3.63) is 34.9 Å². The lowest BCUT2D eigenvalue weighted by Gasteiger charge is -1.90. The van der Waals surface area contributed by atoms with Crippen LogP contribution < -0.4 is 0 Å². The van der Waals surface area contributed by atoms with Crippen LogP contribution in [0.3, 0.4) is 0 Å². The first-order chi connectivity index (χ1) is 9.43. The minimum Gasteiger partial charge on any atom is -0.273 e. The molecule has 0 spiro atoms. The van der Waals surface area contributed by atoms with E-state index in [1.807, 2.05) is 63.5 Å². The molecule has 0 aliphatic carbocycles. The van der Waals surface area contributed by atoms with Crippen molar-refractivity contribution in [3.8, 4) is 0 Å². The molecule has 0 amide bonds. The highest BCUT2D eigenvalue weighted by Crippen LogP contribution is 2.01. The molecule has 2 aromatic heterocycles. The van der Waals surface area contributed by atoms with E-state index >= 15 is 0 Å². The maximum Gasteiger partial charge on any atom is 0.0521 e. The summed E-state index contributed by atoms with van der Waals surface area (Å²) in [5, 5.41) is 8.06. The Hall–Kier alpha value is -1.58. The van der Waals surface area contributed by atoms with Gasteiger partial charge in [0, 0.05) is 25.5 Å². The van der Waals surface area contributed by atoms with Crippen molar-refractivity contribution in [1.29, 1.82) is 0 Å². The van der Waals surface area contributed by atoms with Crippen LogP contribution in [0.25, 0.3) is 0 Å². The van der Waals surface area contributed by atoms with Gasteiger partial charge in [-0.05, 0) is 38.8 Å². The van der Waals surface area contributed by atoms with Gasteiger partial charge in [0.05, 0.1) is 12.4 Å². The zero-order valence-corrected chi connectivity index (χ0v) is 14.9. The molecule has 116 valence electrons. The van der Waals surface area contributed by atoms with E-state index in [2.05, 4.69) is 37.9 Å². The summed E-state index contributed by atoms with van der Waals surface area (Å²) in [5.41, 5.74) is 5.00. The zero-order valence-electron chi connectivity index (χ0n) is 14.9. The Balaban J connectivity index is 0. The van der Waals surface area contributed by atoms with Crippen LogP contribution in [-0.2, 0) is 14.1 Å². The fraction of sp³-hybridized carbons (Fsp3) is 0.625. The van der Waals surface area contributed by atoms with E-state index in [-0.39, 0.29) is 0 Å². The maximum atomic E-state index is 4.03. The maximum absolute atomic E-state index is 4.03. The standard InChI is InChI=1S/2C6H10N2.2C2H6/c2*1-5-4-7-8(3)6(5)2;2*1-2/h2*4H,1-3H3;2*1-2H3. The summed E-state index contributed by atoms with van der Waals surface area (Å²) in [7, 11) is 3.89. The summed E-state index contributed by atoms with van der Waals surface area (Å²) in [6, 6.07) is 0. The van der Waals surface area contributed by atoms with Crippen molar-refractivity contribution in [2.45, 2.75) is 55.4 Å². The molecule has 0 saturated carbocycles. The van der Waals surface area contributed by atoms with Crippen molar-refractivity contribution in [1.82, 2.24) is 19.6 Å². The van der Waals surface area contributed by atoms with E-state index in [4.69, 9.17) is 0 Å². The molecule has 0 aromatic carbocycles. The van der Waals surface area contributed by atoms with Gasteiger partial charge in [-0.15, -0.1) is 0 Å². The fourth-order valence-electron chi connectivity index (χ4n) is 1.22. The van der Waals surface area contributed by atoms with Gasteiger partial charge in [-0.1, -0.05) is 27.7 Å². The first-order valence-corrected chi connectivity index (χ1v) is 7.34. The van der Waals surface area contributed by atoms with Gasteiger partial charge < -0.3 is 0 Å². The number of rotatable bonds is 0. The van der Waals surface area contributed by atoms with Gasteiger partial charge in [0.1, 0.15) is 0 Å². The second kappa shape index (κ2) is 11.3. The van der Waals surface area contributed by atoms with Crippen molar-refractivity contribution in [3.63, 3.8) is 0 Å². The Morgan fingerprint density at radius 2 is 0.900 bits per heavy atom. The number of aryl methyl sites for hydroxylation is 4. The van der Waals surface area contributed by atoms with Gasteiger partial charge in [0.2, 0.25) is 0 Å². The molecule has 0 bridgehead atoms. The van der Waals surface area contributed by atoms with Gasteiger partial charge in [-0.2, -0.15) is 10.2 Å². The Bertz CT molecular complexity index is 384. The SMILES string of the molecule is CC.CC.Cc1cnn(C)c1C.Cc1cnn(C)c1C. The molecule has 0 aliphatic rings. The molecule has 0 fully saturated rings. The third kappa shape index (κ3) is 6.55. The summed E-state index contributed by atoms with van der Waals surface area (Å²) in [5.74, 6) is 0. The van der Waals surface area contributed by atoms with Crippen LogP contribution in [0.2, 0.25) is 0 Å². The van der Waals surface area contributed by atoms with Crippen molar-refractivity contribution in [2.75, 3.05) is 0 Å². The average Bonchev–Trinajstić information content (AvgIpc) is 2.94. The lowest BCUT2D eigenvalue weighted by atomic mass is 10.3. The summed E-state index contributed by atoms with van der Waals surface area (Å²) in [6.45, 7) is 16.2. The highest BCUT2D eigenvalue weighted by atomic mass is 15.3. The smallest absolute Gasteiger partial charge is 0.0521 e. The first kappa shape index (κ1) is 20.7. The minimum atomic E-state index is 1.24. The second-order valence-electron chi connectivity index (χ2n) is 4.07. The summed E-state index contributed by atoms with van der Waals surface area (Å²) in [4.78, 5) is 0. The molecule has 4 nitrogen and oxygen atoms in total. The van der Waals surface area contributed by atoms with Gasteiger partial charge in [0.25, 0.3) is 0 Å². The predicted octanol–water partition coefficient (Wildman–Crippen LogP) is 4.13. The lowest BCUT2D eigenvalue weighted by Crippen LogP contribution is -1.91. The monoisotopic (exact) mass is 280 g/mol. The Morgan fingerprint density at radius 1 is 0.650 bits per heavy atom. The zero-order chi connectivity index (χ0) is 16.3. The van der Waals surface area contributed by atoms with E-state index in [0.29, 0.717) is 0 Å². The summed E-state index contributed by atoms with van der Waals surface area (Å²) >= 11 is 0. The van der Waals surface area contributed by atoms with Gasteiger partial charge in [-0.25, -0.2) is 0 Å². The number of hydrogen-bond donors (Lipinski definition) is 0. The molecule has 2 heterocycles. The molecule has 20 heavy (non-hydrogen) atoms. The quantitative estimate of drug-likeness (QED) is 0.727. The molecule has 0 saturated heterocycles. The highest BCUT2D eigenvalue weighted by Gasteiger charge is 1.94. The van der Waals surface area contributed by atoms with Crippen LogP contribution in [0.1, 0.15) is 50.2 Å². The number of aromatic nitrogens is 4. The topological polar surface area (TPSA) is 35.6 Å². The lowest BCUT2D eigenvalue weighted by molar-refractivity contribution is 0.739. The van der Waals surface area contributed by atoms with Crippen LogP contribution in [0.15, 0.2) is 12.4 Å². The van der Waals surface area contributed by atoms with Gasteiger partial charge in [0.15, 0.2) is 0 Å². The van der Waals surface area contributed by atoms with Crippen molar-refractivity contribution >= 4 is 0 Å². The van der Waals surface area contributed by atoms with Gasteiger partial charge in [-0.3, -0.25) is 9.36 Å². The van der Waals surface area contributed by atoms with Crippen LogP contribution in [0.4, 0.5) is 0 Å². The number of nitrogens with zero attached hydrogens (tertiary/aromatic N) is 4. The largest absolute Gasteiger partial charge is 0.273 e. The Labute approximate surface area is 124 Å². The van der Waals surface area contributed by atoms with E-state index in [0.717, 1.165) is 0 Å². The van der Waals surface area contributed by atoms with Gasteiger partial charge >= 0.3 is 0 Å². The Kier molecular flexibility index (Phi) is 11.7. The fourth-order valence-corrected chi connectivity index (χ4v) is 1.22. The summed E-state index contributed by atoms with van der Waals surface area (Å²) < 4.78 is 3.74. The van der Waals surface area contributed by atoms with E-state index in [1.54, 1.807) is 0 Å². The van der Waals surface area contributed by atoms with Crippen LogP contribution in [-0.4, -0.2) is 19.6 Å². The van der Waals surface area contributed by atoms with E-state index < -0.39 is 0 Å². The molecule has 0 unspecified atom stereocenters. The molecule has 2 aromatic rings. The normalized spacial score (nSPS) is 8.50. The molecule has 0 N–H and O–H groups in total. The predicted molar refractivity (Wildman–Crippen MR) is 88.1 cm³/mol. The third-order valence-corrected chi connectivity index (χ3v) is 2.96. The molecule has 4 heteroatoms. The van der Waals surface area contributed by atoms with Crippen molar-refractivity contribution < 1.29 is 0 Å². The molecular formula is C16H32N4. The van der Waals surface area contributed by atoms with Crippen LogP contribution in [0, 0.1) is 27.7 Å². The molecule has 0 radical (unpaired) electrons. The molecule has 0 aliphatic heterocycles. The molecule has 2 rings (SSSR count). The first-order valence-electron chi connectivity index (χ1n) is 7.34. The molecule has 0 atom stereocenters. The summed E-state index contributed by atoms with van der Waals surface area (Å²) in [6.07, 6.45) is 3.74. The number of hydrogen-bond acceptors (Lipinski definition) is 2. The van der Waals surface area contributed by atoms with Crippen molar-refractivity contribution in [2.24, 2.45) is 14.1 Å². The van der Waals surface area contributed by atoms with Crippen LogP contribution in [0.5, 0.6) is 0 Å². The van der Waals surface area contributed by atoms with E-state index in [9.17, 15) is 0 Å². The highest BCUT2D eigenvalue weighted by molar-refractivity contribution is 5.12. The second-order valence-corrected chi connectivity index (χ2v) is 4.07. The van der Waals surface area contributed by atoms with Crippen LogP contribution >= 0.6 is 0 Å². The minimum absolute atomic E-state index is 1.24. The Morgan fingerprint density at radius 3 is 0.950 bits per heavy atom. The third-order valence-electron chi connectivity index (χ3n) is 2.96. The average molecular weight is 280 g/mol. The van der Waals surface area contributed by atoms with E-state index in [1.165, 1.54) is 22.5 Å².